The Kier molecular flexibility index (Phi) is 5.09. The minimum absolute atomic E-state index is 0.0350. The van der Waals surface area contributed by atoms with Crippen LogP contribution in [-0.2, 0) is 9.84 Å². The second kappa shape index (κ2) is 6.00. The van der Waals surface area contributed by atoms with E-state index in [9.17, 15) is 13.5 Å². The Morgan fingerprint density at radius 1 is 1.26 bits per heavy atom. The van der Waals surface area contributed by atoms with Crippen molar-refractivity contribution in [2.75, 3.05) is 19.4 Å². The van der Waals surface area contributed by atoms with E-state index in [1.54, 1.807) is 12.1 Å². The number of benzene rings is 1. The molecule has 5 nitrogen and oxygen atoms in total. The lowest BCUT2D eigenvalue weighted by molar-refractivity contribution is 0.136. The lowest BCUT2D eigenvalue weighted by Gasteiger charge is -2.25. The van der Waals surface area contributed by atoms with Crippen LogP contribution in [0.5, 0.6) is 0 Å². The highest BCUT2D eigenvalue weighted by atomic mass is 32.2. The maximum atomic E-state index is 11.3. The summed E-state index contributed by atoms with van der Waals surface area (Å²) in [5.74, 6) is 0. The summed E-state index contributed by atoms with van der Waals surface area (Å²) in [4.78, 5) is 0.229. The van der Waals surface area contributed by atoms with Gasteiger partial charge in [0.25, 0.3) is 0 Å². The van der Waals surface area contributed by atoms with E-state index in [1.165, 1.54) is 12.1 Å². The highest BCUT2D eigenvalue weighted by Gasteiger charge is 2.18. The fourth-order valence-electron chi connectivity index (χ4n) is 1.48. The maximum Gasteiger partial charge on any atom is 0.175 e. The zero-order chi connectivity index (χ0) is 14.7. The third kappa shape index (κ3) is 4.91. The minimum atomic E-state index is -3.22. The predicted molar refractivity (Wildman–Crippen MR) is 73.7 cm³/mol. The van der Waals surface area contributed by atoms with Crippen LogP contribution >= 0.6 is 0 Å². The summed E-state index contributed by atoms with van der Waals surface area (Å²) >= 11 is 0. The van der Waals surface area contributed by atoms with Gasteiger partial charge in [0, 0.05) is 18.3 Å². The van der Waals surface area contributed by atoms with Gasteiger partial charge >= 0.3 is 0 Å². The number of β-amino-alcohol motifs (C(OH)–C–C–N with tert-alkyl or cyclic N) is 1. The molecule has 0 aliphatic rings. The molecule has 19 heavy (non-hydrogen) atoms. The molecule has 0 aliphatic heterocycles. The number of aliphatic hydroxyl groups excluding tert-OH is 2. The van der Waals surface area contributed by atoms with Crippen molar-refractivity contribution in [3.05, 3.63) is 29.8 Å². The SMILES string of the molecule is CC(C)(CO)NCC(O)c1ccc(S(C)(=O)=O)cc1. The quantitative estimate of drug-likeness (QED) is 0.708. The average molecular weight is 287 g/mol. The molecule has 0 saturated heterocycles. The number of sulfone groups is 1. The van der Waals surface area contributed by atoms with E-state index >= 15 is 0 Å². The normalized spacial score (nSPS) is 14.4. The summed E-state index contributed by atoms with van der Waals surface area (Å²) in [6.07, 6.45) is 0.392. The summed E-state index contributed by atoms with van der Waals surface area (Å²) in [5.41, 5.74) is 0.168. The highest BCUT2D eigenvalue weighted by molar-refractivity contribution is 7.90. The molecular weight excluding hydrogens is 266 g/mol. The van der Waals surface area contributed by atoms with Crippen molar-refractivity contribution in [1.29, 1.82) is 0 Å². The van der Waals surface area contributed by atoms with Gasteiger partial charge in [-0.15, -0.1) is 0 Å². The van der Waals surface area contributed by atoms with Gasteiger partial charge in [-0.25, -0.2) is 8.42 Å². The summed E-state index contributed by atoms with van der Waals surface area (Å²) in [5, 5.41) is 22.1. The lowest BCUT2D eigenvalue weighted by atomic mass is 10.1. The summed E-state index contributed by atoms with van der Waals surface area (Å²) in [6.45, 7) is 3.90. The molecule has 1 atom stereocenters. The van der Waals surface area contributed by atoms with Crippen LogP contribution < -0.4 is 5.32 Å². The number of nitrogens with one attached hydrogen (secondary N) is 1. The Morgan fingerprint density at radius 3 is 2.21 bits per heavy atom. The second-order valence-electron chi connectivity index (χ2n) is 5.28. The largest absolute Gasteiger partial charge is 0.394 e. The molecule has 6 heteroatoms. The number of hydrogen-bond acceptors (Lipinski definition) is 5. The van der Waals surface area contributed by atoms with Crippen LogP contribution in [0.25, 0.3) is 0 Å². The van der Waals surface area contributed by atoms with Crippen LogP contribution in [-0.4, -0.2) is 43.6 Å². The van der Waals surface area contributed by atoms with Crippen LogP contribution in [0, 0.1) is 0 Å². The smallest absolute Gasteiger partial charge is 0.175 e. The van der Waals surface area contributed by atoms with Crippen molar-refractivity contribution < 1.29 is 18.6 Å². The molecule has 1 rings (SSSR count). The molecule has 1 aromatic rings. The van der Waals surface area contributed by atoms with Gasteiger partial charge in [0.05, 0.1) is 17.6 Å². The van der Waals surface area contributed by atoms with E-state index in [0.717, 1.165) is 6.26 Å². The Hall–Kier alpha value is -0.950. The number of aliphatic hydroxyl groups is 2. The van der Waals surface area contributed by atoms with Crippen molar-refractivity contribution in [3.63, 3.8) is 0 Å². The molecule has 0 fully saturated rings. The van der Waals surface area contributed by atoms with E-state index in [2.05, 4.69) is 5.32 Å². The monoisotopic (exact) mass is 287 g/mol. The maximum absolute atomic E-state index is 11.3. The van der Waals surface area contributed by atoms with E-state index in [-0.39, 0.29) is 18.0 Å². The first-order valence-electron chi connectivity index (χ1n) is 6.00. The fourth-order valence-corrected chi connectivity index (χ4v) is 2.11. The first kappa shape index (κ1) is 16.1. The Morgan fingerprint density at radius 2 is 1.79 bits per heavy atom. The van der Waals surface area contributed by atoms with Crippen molar-refractivity contribution in [1.82, 2.24) is 5.32 Å². The van der Waals surface area contributed by atoms with E-state index < -0.39 is 21.5 Å². The summed E-state index contributed by atoms with van der Waals surface area (Å²) in [6, 6.07) is 6.14. The van der Waals surface area contributed by atoms with E-state index in [1.807, 2.05) is 13.8 Å². The molecule has 0 aromatic heterocycles. The van der Waals surface area contributed by atoms with Gasteiger partial charge in [-0.1, -0.05) is 12.1 Å². The molecule has 3 N–H and O–H groups in total. The molecule has 0 bridgehead atoms. The molecule has 0 saturated carbocycles. The van der Waals surface area contributed by atoms with Crippen LogP contribution in [0.1, 0.15) is 25.5 Å². The molecule has 1 unspecified atom stereocenters. The molecule has 108 valence electrons. The van der Waals surface area contributed by atoms with Crippen LogP contribution in [0.3, 0.4) is 0 Å². The van der Waals surface area contributed by atoms with Gasteiger partial charge in [-0.3, -0.25) is 0 Å². The van der Waals surface area contributed by atoms with E-state index in [4.69, 9.17) is 5.11 Å². The first-order chi connectivity index (χ1) is 8.65. The van der Waals surface area contributed by atoms with Crippen molar-refractivity contribution in [2.45, 2.75) is 30.4 Å². The van der Waals surface area contributed by atoms with Gasteiger partial charge in [0.1, 0.15) is 0 Å². The van der Waals surface area contributed by atoms with E-state index in [0.29, 0.717) is 5.56 Å². The summed E-state index contributed by atoms with van der Waals surface area (Å²) in [7, 11) is -3.22. The van der Waals surface area contributed by atoms with Crippen molar-refractivity contribution in [2.24, 2.45) is 0 Å². The van der Waals surface area contributed by atoms with Gasteiger partial charge in [-0.05, 0) is 31.5 Å². The summed E-state index contributed by atoms with van der Waals surface area (Å²) < 4.78 is 22.6. The minimum Gasteiger partial charge on any atom is -0.394 e. The van der Waals surface area contributed by atoms with Crippen LogP contribution in [0.4, 0.5) is 0 Å². The molecule has 0 heterocycles. The standard InChI is InChI=1S/C13H21NO4S/c1-13(2,9-15)14-8-12(16)10-4-6-11(7-5-10)19(3,17)18/h4-7,12,14-16H,8-9H2,1-3H3. The zero-order valence-corrected chi connectivity index (χ0v) is 12.2. The Labute approximate surface area is 114 Å². The molecule has 1 aromatic carbocycles. The van der Waals surface area contributed by atoms with Gasteiger partial charge < -0.3 is 15.5 Å². The first-order valence-corrected chi connectivity index (χ1v) is 7.89. The Bertz CT molecular complexity index is 508. The molecular formula is C13H21NO4S. The third-order valence-corrected chi connectivity index (χ3v) is 3.99. The third-order valence-electron chi connectivity index (χ3n) is 2.86. The number of hydrogen-bond donors (Lipinski definition) is 3. The Balaban J connectivity index is 2.71. The zero-order valence-electron chi connectivity index (χ0n) is 11.4. The molecule has 0 aliphatic carbocycles. The van der Waals surface area contributed by atoms with Gasteiger partial charge in [-0.2, -0.15) is 0 Å². The second-order valence-corrected chi connectivity index (χ2v) is 7.30. The van der Waals surface area contributed by atoms with Crippen LogP contribution in [0.2, 0.25) is 0 Å². The lowest BCUT2D eigenvalue weighted by Crippen LogP contribution is -2.44. The van der Waals surface area contributed by atoms with Gasteiger partial charge in [0.2, 0.25) is 0 Å². The molecule has 0 amide bonds. The van der Waals surface area contributed by atoms with Crippen molar-refractivity contribution in [3.8, 4) is 0 Å². The predicted octanol–water partition coefficient (Wildman–Crippen LogP) is 0.484. The highest BCUT2D eigenvalue weighted by Crippen LogP contribution is 2.16. The topological polar surface area (TPSA) is 86.6 Å². The van der Waals surface area contributed by atoms with Crippen molar-refractivity contribution >= 4 is 9.84 Å². The fraction of sp³-hybridized carbons (Fsp3) is 0.538. The van der Waals surface area contributed by atoms with Gasteiger partial charge in [0.15, 0.2) is 9.84 Å². The van der Waals surface area contributed by atoms with Crippen LogP contribution in [0.15, 0.2) is 29.2 Å². The number of rotatable bonds is 6. The molecule has 0 radical (unpaired) electrons. The average Bonchev–Trinajstić information content (AvgIpc) is 2.35. The molecule has 0 spiro atoms.